The standard InChI is InChI=1S/C16H24Br2O2S/c17-14-12-13(16(18)21-14)8-5-3-1-2-4-6-9-15-19-10-7-11-20-15/h12,15H,1-11H2. The fourth-order valence-electron chi connectivity index (χ4n) is 2.58. The molecule has 1 aromatic heterocycles. The van der Waals surface area contributed by atoms with Crippen molar-refractivity contribution in [1.82, 2.24) is 0 Å². The molecule has 1 saturated heterocycles. The summed E-state index contributed by atoms with van der Waals surface area (Å²) in [6, 6.07) is 2.24. The lowest BCUT2D eigenvalue weighted by atomic mass is 10.1. The minimum Gasteiger partial charge on any atom is -0.353 e. The van der Waals surface area contributed by atoms with Gasteiger partial charge in [-0.1, -0.05) is 25.7 Å². The van der Waals surface area contributed by atoms with E-state index >= 15 is 0 Å². The van der Waals surface area contributed by atoms with Crippen molar-refractivity contribution in [2.75, 3.05) is 13.2 Å². The molecule has 0 atom stereocenters. The number of halogens is 2. The van der Waals surface area contributed by atoms with Gasteiger partial charge in [-0.05, 0) is 75.6 Å². The average Bonchev–Trinajstić information content (AvgIpc) is 2.81. The lowest BCUT2D eigenvalue weighted by Crippen LogP contribution is -2.24. The maximum absolute atomic E-state index is 5.56. The smallest absolute Gasteiger partial charge is 0.157 e. The number of hydrogen-bond acceptors (Lipinski definition) is 3. The molecule has 1 aliphatic heterocycles. The van der Waals surface area contributed by atoms with E-state index in [0.717, 1.165) is 26.1 Å². The Balaban J connectivity index is 1.42. The first-order valence-electron chi connectivity index (χ1n) is 7.92. The summed E-state index contributed by atoms with van der Waals surface area (Å²) in [7, 11) is 0. The van der Waals surface area contributed by atoms with Crippen LogP contribution >= 0.6 is 43.2 Å². The Labute approximate surface area is 148 Å². The van der Waals surface area contributed by atoms with Crippen LogP contribution in [-0.4, -0.2) is 19.5 Å². The lowest BCUT2D eigenvalue weighted by Gasteiger charge is -2.22. The predicted molar refractivity (Wildman–Crippen MR) is 96.1 cm³/mol. The van der Waals surface area contributed by atoms with E-state index in [1.54, 1.807) is 11.3 Å². The van der Waals surface area contributed by atoms with Gasteiger partial charge in [0.05, 0.1) is 20.8 Å². The van der Waals surface area contributed by atoms with Crippen LogP contribution in [0.15, 0.2) is 13.6 Å². The van der Waals surface area contributed by atoms with E-state index in [1.807, 2.05) is 0 Å². The first-order valence-corrected chi connectivity index (χ1v) is 10.3. The van der Waals surface area contributed by atoms with Crippen molar-refractivity contribution in [3.8, 4) is 0 Å². The molecule has 1 fully saturated rings. The number of rotatable bonds is 9. The van der Waals surface area contributed by atoms with Crippen LogP contribution < -0.4 is 0 Å². The minimum absolute atomic E-state index is 0.0770. The van der Waals surface area contributed by atoms with Gasteiger partial charge in [0.25, 0.3) is 0 Å². The molecular formula is C16H24Br2O2S. The van der Waals surface area contributed by atoms with Crippen LogP contribution in [0.25, 0.3) is 0 Å². The van der Waals surface area contributed by atoms with Crippen molar-refractivity contribution in [2.24, 2.45) is 0 Å². The molecule has 0 aliphatic carbocycles. The van der Waals surface area contributed by atoms with Gasteiger partial charge in [0.15, 0.2) is 6.29 Å². The van der Waals surface area contributed by atoms with Crippen LogP contribution in [0.2, 0.25) is 0 Å². The van der Waals surface area contributed by atoms with Gasteiger partial charge in [0.2, 0.25) is 0 Å². The number of ether oxygens (including phenoxy) is 2. The highest BCUT2D eigenvalue weighted by molar-refractivity contribution is 9.12. The number of aryl methyl sites for hydroxylation is 1. The molecule has 0 aromatic carbocycles. The molecule has 0 unspecified atom stereocenters. The molecule has 120 valence electrons. The van der Waals surface area contributed by atoms with Crippen molar-refractivity contribution in [1.29, 1.82) is 0 Å². The van der Waals surface area contributed by atoms with Gasteiger partial charge < -0.3 is 9.47 Å². The summed E-state index contributed by atoms with van der Waals surface area (Å²) in [5.41, 5.74) is 1.44. The number of unbranched alkanes of at least 4 members (excludes halogenated alkanes) is 5. The summed E-state index contributed by atoms with van der Waals surface area (Å²) in [4.78, 5) is 0. The minimum atomic E-state index is 0.0770. The lowest BCUT2D eigenvalue weighted by molar-refractivity contribution is -0.181. The maximum Gasteiger partial charge on any atom is 0.157 e. The van der Waals surface area contributed by atoms with E-state index < -0.39 is 0 Å². The summed E-state index contributed by atoms with van der Waals surface area (Å²) < 4.78 is 13.6. The van der Waals surface area contributed by atoms with E-state index in [-0.39, 0.29) is 6.29 Å². The molecule has 2 heterocycles. The highest BCUT2D eigenvalue weighted by atomic mass is 79.9. The molecular weight excluding hydrogens is 416 g/mol. The van der Waals surface area contributed by atoms with E-state index in [0.29, 0.717) is 0 Å². The van der Waals surface area contributed by atoms with Gasteiger partial charge in [-0.3, -0.25) is 0 Å². The Morgan fingerprint density at radius 2 is 1.67 bits per heavy atom. The van der Waals surface area contributed by atoms with Crippen LogP contribution in [0.4, 0.5) is 0 Å². The summed E-state index contributed by atoms with van der Waals surface area (Å²) in [5, 5.41) is 0. The highest BCUT2D eigenvalue weighted by Gasteiger charge is 2.12. The molecule has 1 aromatic rings. The average molecular weight is 440 g/mol. The Bertz CT molecular complexity index is 403. The molecule has 2 rings (SSSR count). The summed E-state index contributed by atoms with van der Waals surface area (Å²) in [6.45, 7) is 1.75. The van der Waals surface area contributed by atoms with Gasteiger partial charge >= 0.3 is 0 Å². The van der Waals surface area contributed by atoms with Gasteiger partial charge in [-0.25, -0.2) is 0 Å². The third kappa shape index (κ3) is 7.12. The van der Waals surface area contributed by atoms with Gasteiger partial charge in [0.1, 0.15) is 0 Å². The summed E-state index contributed by atoms with van der Waals surface area (Å²) in [6.07, 6.45) is 11.2. The Hall–Kier alpha value is 0.580. The van der Waals surface area contributed by atoms with Gasteiger partial charge in [0, 0.05) is 0 Å². The zero-order chi connectivity index (χ0) is 14.9. The first kappa shape index (κ1) is 17.9. The van der Waals surface area contributed by atoms with Crippen LogP contribution in [0.5, 0.6) is 0 Å². The quantitative estimate of drug-likeness (QED) is 0.419. The molecule has 0 spiro atoms. The molecule has 21 heavy (non-hydrogen) atoms. The van der Waals surface area contributed by atoms with E-state index in [9.17, 15) is 0 Å². The second-order valence-electron chi connectivity index (χ2n) is 5.53. The highest BCUT2D eigenvalue weighted by Crippen LogP contribution is 2.32. The molecule has 0 amide bonds. The summed E-state index contributed by atoms with van der Waals surface area (Å²) in [5.74, 6) is 0. The number of thiophene rings is 1. The fourth-order valence-corrected chi connectivity index (χ4v) is 5.50. The van der Waals surface area contributed by atoms with Crippen molar-refractivity contribution >= 4 is 43.2 Å². The molecule has 0 radical (unpaired) electrons. The maximum atomic E-state index is 5.56. The zero-order valence-corrected chi connectivity index (χ0v) is 16.4. The molecule has 0 saturated carbocycles. The largest absolute Gasteiger partial charge is 0.353 e. The second kappa shape index (κ2) is 10.4. The van der Waals surface area contributed by atoms with E-state index in [1.165, 1.54) is 58.1 Å². The van der Waals surface area contributed by atoms with Crippen molar-refractivity contribution < 1.29 is 9.47 Å². The van der Waals surface area contributed by atoms with Gasteiger partial charge in [-0.2, -0.15) is 0 Å². The molecule has 0 N–H and O–H groups in total. The van der Waals surface area contributed by atoms with Crippen LogP contribution in [0.1, 0.15) is 56.9 Å². The Kier molecular flexibility index (Phi) is 8.85. The first-order chi connectivity index (χ1) is 10.3. The topological polar surface area (TPSA) is 18.5 Å². The Morgan fingerprint density at radius 1 is 1.00 bits per heavy atom. The predicted octanol–water partition coefficient (Wildman–Crippen LogP) is 6.31. The van der Waals surface area contributed by atoms with Crippen LogP contribution in [0, 0.1) is 0 Å². The number of hydrogen-bond donors (Lipinski definition) is 0. The van der Waals surface area contributed by atoms with Gasteiger partial charge in [-0.15, -0.1) is 11.3 Å². The second-order valence-corrected chi connectivity index (χ2v) is 9.28. The fraction of sp³-hybridized carbons (Fsp3) is 0.750. The van der Waals surface area contributed by atoms with E-state index in [4.69, 9.17) is 9.47 Å². The monoisotopic (exact) mass is 438 g/mol. The summed E-state index contributed by atoms with van der Waals surface area (Å²) >= 11 is 8.93. The normalized spacial score (nSPS) is 16.5. The molecule has 0 bridgehead atoms. The van der Waals surface area contributed by atoms with Crippen LogP contribution in [0.3, 0.4) is 0 Å². The van der Waals surface area contributed by atoms with Crippen LogP contribution in [-0.2, 0) is 15.9 Å². The molecule has 1 aliphatic rings. The zero-order valence-electron chi connectivity index (χ0n) is 12.4. The Morgan fingerprint density at radius 3 is 2.33 bits per heavy atom. The molecule has 2 nitrogen and oxygen atoms in total. The third-order valence-corrected chi connectivity index (χ3v) is 6.22. The molecule has 5 heteroatoms. The van der Waals surface area contributed by atoms with Crippen molar-refractivity contribution in [3.63, 3.8) is 0 Å². The SMILES string of the molecule is Brc1cc(CCCCCCCCC2OCCCO2)c(Br)s1. The van der Waals surface area contributed by atoms with Crippen molar-refractivity contribution in [2.45, 2.75) is 64.1 Å². The van der Waals surface area contributed by atoms with Crippen molar-refractivity contribution in [3.05, 3.63) is 19.2 Å². The van der Waals surface area contributed by atoms with E-state index in [2.05, 4.69) is 37.9 Å². The third-order valence-electron chi connectivity index (χ3n) is 3.76.